The summed E-state index contributed by atoms with van der Waals surface area (Å²) in [4.78, 5) is 26.4. The van der Waals surface area contributed by atoms with Gasteiger partial charge in [0.25, 0.3) is 5.91 Å². The van der Waals surface area contributed by atoms with Crippen LogP contribution in [0.25, 0.3) is 0 Å². The summed E-state index contributed by atoms with van der Waals surface area (Å²) in [5, 5.41) is 0. The van der Waals surface area contributed by atoms with E-state index < -0.39 is 5.97 Å². The van der Waals surface area contributed by atoms with E-state index in [4.69, 9.17) is 9.47 Å². The molecule has 3 rings (SSSR count). The van der Waals surface area contributed by atoms with E-state index in [9.17, 15) is 9.59 Å². The Morgan fingerprint density at radius 1 is 1.00 bits per heavy atom. The van der Waals surface area contributed by atoms with Gasteiger partial charge in [0.15, 0.2) is 0 Å². The molecule has 0 aromatic heterocycles. The zero-order valence-electron chi connectivity index (χ0n) is 14.2. The Bertz CT molecular complexity index is 749. The monoisotopic (exact) mass is 339 g/mol. The largest absolute Gasteiger partial charge is 0.496 e. The number of methoxy groups -OCH3 is 1. The van der Waals surface area contributed by atoms with Crippen molar-refractivity contribution < 1.29 is 19.1 Å². The SMILES string of the molecule is COc1ccccc1C(=O)OCc1ccc(C(=O)N2CCCC2)cc1. The molecule has 0 saturated carbocycles. The number of carbonyl (C=O) groups is 2. The Balaban J connectivity index is 1.60. The van der Waals surface area contributed by atoms with Crippen molar-refractivity contribution >= 4 is 11.9 Å². The van der Waals surface area contributed by atoms with Gasteiger partial charge in [-0.25, -0.2) is 4.79 Å². The molecular weight excluding hydrogens is 318 g/mol. The summed E-state index contributed by atoms with van der Waals surface area (Å²) in [6, 6.07) is 14.1. The van der Waals surface area contributed by atoms with Crippen molar-refractivity contribution in [2.75, 3.05) is 20.2 Å². The minimum atomic E-state index is -0.435. The molecule has 1 heterocycles. The summed E-state index contributed by atoms with van der Waals surface area (Å²) in [7, 11) is 1.52. The maximum absolute atomic E-state index is 12.3. The number of hydrogen-bond acceptors (Lipinski definition) is 4. The highest BCUT2D eigenvalue weighted by molar-refractivity contribution is 5.94. The maximum Gasteiger partial charge on any atom is 0.342 e. The standard InChI is InChI=1S/C20H21NO4/c1-24-18-7-3-2-6-17(18)20(23)25-14-15-8-10-16(11-9-15)19(22)21-12-4-5-13-21/h2-3,6-11H,4-5,12-14H2,1H3. The molecule has 0 spiro atoms. The molecule has 2 aromatic rings. The molecule has 5 nitrogen and oxygen atoms in total. The van der Waals surface area contributed by atoms with Gasteiger partial charge in [-0.15, -0.1) is 0 Å². The van der Waals surface area contributed by atoms with Crippen LogP contribution >= 0.6 is 0 Å². The van der Waals surface area contributed by atoms with E-state index in [0.717, 1.165) is 31.5 Å². The summed E-state index contributed by atoms with van der Waals surface area (Å²) < 4.78 is 10.5. The molecule has 130 valence electrons. The molecule has 2 aromatic carbocycles. The second kappa shape index (κ2) is 7.83. The first-order valence-electron chi connectivity index (χ1n) is 8.37. The van der Waals surface area contributed by atoms with Crippen LogP contribution in [0.3, 0.4) is 0 Å². The first-order chi connectivity index (χ1) is 12.2. The Kier molecular flexibility index (Phi) is 5.33. The minimum Gasteiger partial charge on any atom is -0.496 e. The van der Waals surface area contributed by atoms with Crippen molar-refractivity contribution in [3.63, 3.8) is 0 Å². The lowest BCUT2D eigenvalue weighted by Crippen LogP contribution is -2.27. The highest BCUT2D eigenvalue weighted by atomic mass is 16.5. The summed E-state index contributed by atoms with van der Waals surface area (Å²) in [6.07, 6.45) is 2.14. The van der Waals surface area contributed by atoms with E-state index in [0.29, 0.717) is 16.9 Å². The maximum atomic E-state index is 12.3. The van der Waals surface area contributed by atoms with E-state index >= 15 is 0 Å². The number of amides is 1. The third-order valence-corrected chi connectivity index (χ3v) is 4.29. The average Bonchev–Trinajstić information content (AvgIpc) is 3.20. The molecular formula is C20H21NO4. The number of hydrogen-bond donors (Lipinski definition) is 0. The molecule has 0 atom stereocenters. The minimum absolute atomic E-state index is 0.0649. The van der Waals surface area contributed by atoms with Crippen molar-refractivity contribution in [2.24, 2.45) is 0 Å². The lowest BCUT2D eigenvalue weighted by atomic mass is 10.1. The van der Waals surface area contributed by atoms with Gasteiger partial charge in [0, 0.05) is 18.7 Å². The van der Waals surface area contributed by atoms with Gasteiger partial charge in [-0.3, -0.25) is 4.79 Å². The third-order valence-electron chi connectivity index (χ3n) is 4.29. The average molecular weight is 339 g/mol. The number of nitrogens with zero attached hydrogens (tertiary/aromatic N) is 1. The van der Waals surface area contributed by atoms with Crippen LogP contribution in [-0.4, -0.2) is 37.0 Å². The van der Waals surface area contributed by atoms with Crippen LogP contribution in [0, 0.1) is 0 Å². The van der Waals surface area contributed by atoms with Crippen LogP contribution in [0.15, 0.2) is 48.5 Å². The van der Waals surface area contributed by atoms with Gasteiger partial charge in [-0.2, -0.15) is 0 Å². The van der Waals surface area contributed by atoms with Crippen molar-refractivity contribution in [1.82, 2.24) is 4.90 Å². The molecule has 1 aliphatic heterocycles. The van der Waals surface area contributed by atoms with Gasteiger partial charge in [0.2, 0.25) is 0 Å². The number of rotatable bonds is 5. The number of carbonyl (C=O) groups excluding carboxylic acids is 2. The fraction of sp³-hybridized carbons (Fsp3) is 0.300. The van der Waals surface area contributed by atoms with Crippen LogP contribution < -0.4 is 4.74 Å². The highest BCUT2D eigenvalue weighted by Crippen LogP contribution is 2.19. The number of benzene rings is 2. The summed E-state index contributed by atoms with van der Waals surface area (Å²) in [5.74, 6) is 0.115. The van der Waals surface area contributed by atoms with E-state index in [2.05, 4.69) is 0 Å². The Labute approximate surface area is 147 Å². The Hall–Kier alpha value is -2.82. The zero-order chi connectivity index (χ0) is 17.6. The molecule has 0 bridgehead atoms. The summed E-state index contributed by atoms with van der Waals surface area (Å²) in [5.41, 5.74) is 1.90. The van der Waals surface area contributed by atoms with Gasteiger partial charge >= 0.3 is 5.97 Å². The van der Waals surface area contributed by atoms with Crippen LogP contribution in [0.1, 0.15) is 39.1 Å². The number of ether oxygens (including phenoxy) is 2. The number of para-hydroxylation sites is 1. The van der Waals surface area contributed by atoms with Gasteiger partial charge in [-0.05, 0) is 42.7 Å². The van der Waals surface area contributed by atoms with E-state index in [-0.39, 0.29) is 12.5 Å². The topological polar surface area (TPSA) is 55.8 Å². The van der Waals surface area contributed by atoms with Crippen molar-refractivity contribution in [1.29, 1.82) is 0 Å². The van der Waals surface area contributed by atoms with Crippen LogP contribution in [0.4, 0.5) is 0 Å². The summed E-state index contributed by atoms with van der Waals surface area (Å²) in [6.45, 7) is 1.81. The molecule has 0 unspecified atom stereocenters. The van der Waals surface area contributed by atoms with E-state index in [1.54, 1.807) is 36.4 Å². The second-order valence-corrected chi connectivity index (χ2v) is 5.97. The molecule has 0 aliphatic carbocycles. The normalized spacial score (nSPS) is 13.6. The van der Waals surface area contributed by atoms with Crippen molar-refractivity contribution in [3.05, 3.63) is 65.2 Å². The summed E-state index contributed by atoms with van der Waals surface area (Å²) >= 11 is 0. The molecule has 0 radical (unpaired) electrons. The zero-order valence-corrected chi connectivity index (χ0v) is 14.2. The number of likely N-dealkylation sites (tertiary alicyclic amines) is 1. The fourth-order valence-electron chi connectivity index (χ4n) is 2.89. The Morgan fingerprint density at radius 2 is 1.68 bits per heavy atom. The number of esters is 1. The highest BCUT2D eigenvalue weighted by Gasteiger charge is 2.19. The second-order valence-electron chi connectivity index (χ2n) is 5.97. The van der Waals surface area contributed by atoms with Gasteiger partial charge in [0.1, 0.15) is 17.9 Å². The van der Waals surface area contributed by atoms with Crippen molar-refractivity contribution in [3.8, 4) is 5.75 Å². The lowest BCUT2D eigenvalue weighted by molar-refractivity contribution is 0.0468. The first-order valence-corrected chi connectivity index (χ1v) is 8.37. The lowest BCUT2D eigenvalue weighted by Gasteiger charge is -2.15. The van der Waals surface area contributed by atoms with Crippen LogP contribution in [-0.2, 0) is 11.3 Å². The molecule has 1 saturated heterocycles. The molecule has 25 heavy (non-hydrogen) atoms. The van der Waals surface area contributed by atoms with Crippen molar-refractivity contribution in [2.45, 2.75) is 19.4 Å². The van der Waals surface area contributed by atoms with Gasteiger partial charge < -0.3 is 14.4 Å². The van der Waals surface area contributed by atoms with E-state index in [1.807, 2.05) is 17.0 Å². The van der Waals surface area contributed by atoms with Gasteiger partial charge in [0.05, 0.1) is 7.11 Å². The third kappa shape index (κ3) is 3.99. The van der Waals surface area contributed by atoms with E-state index in [1.165, 1.54) is 7.11 Å². The predicted molar refractivity (Wildman–Crippen MR) is 93.7 cm³/mol. The molecule has 1 aliphatic rings. The smallest absolute Gasteiger partial charge is 0.342 e. The van der Waals surface area contributed by atoms with Gasteiger partial charge in [-0.1, -0.05) is 24.3 Å². The quantitative estimate of drug-likeness (QED) is 0.785. The first kappa shape index (κ1) is 17.0. The predicted octanol–water partition coefficient (Wildman–Crippen LogP) is 3.29. The molecule has 1 amide bonds. The molecule has 5 heteroatoms. The molecule has 0 N–H and O–H groups in total. The molecule has 1 fully saturated rings. The Morgan fingerprint density at radius 3 is 2.36 bits per heavy atom. The fourth-order valence-corrected chi connectivity index (χ4v) is 2.89. The van der Waals surface area contributed by atoms with Crippen LogP contribution in [0.5, 0.6) is 5.75 Å². The van der Waals surface area contributed by atoms with Crippen LogP contribution in [0.2, 0.25) is 0 Å².